The molecule has 0 aliphatic carbocycles. The van der Waals surface area contributed by atoms with Crippen molar-refractivity contribution in [2.24, 2.45) is 5.14 Å². The highest BCUT2D eigenvalue weighted by molar-refractivity contribution is 7.89. The van der Waals surface area contributed by atoms with E-state index in [4.69, 9.17) is 10.2 Å². The topological polar surface area (TPSA) is 98.2 Å². The fraction of sp³-hybridized carbons (Fsp3) is 0.167. The highest BCUT2D eigenvalue weighted by Crippen LogP contribution is 2.25. The van der Waals surface area contributed by atoms with Crippen LogP contribution in [0.3, 0.4) is 0 Å². The van der Waals surface area contributed by atoms with E-state index < -0.39 is 10.0 Å². The predicted molar refractivity (Wildman–Crippen MR) is 95.8 cm³/mol. The van der Waals surface area contributed by atoms with Gasteiger partial charge in [0.15, 0.2) is 0 Å². The van der Waals surface area contributed by atoms with E-state index in [9.17, 15) is 8.42 Å². The molecule has 1 aromatic heterocycles. The third kappa shape index (κ3) is 3.96. The Bertz CT molecular complexity index is 949. The van der Waals surface area contributed by atoms with E-state index in [2.05, 4.69) is 5.10 Å². The van der Waals surface area contributed by atoms with Gasteiger partial charge in [-0.2, -0.15) is 5.10 Å². The summed E-state index contributed by atoms with van der Waals surface area (Å²) < 4.78 is 24.6. The lowest BCUT2D eigenvalue weighted by Crippen LogP contribution is -2.12. The Balaban J connectivity index is 2.06. The maximum absolute atomic E-state index is 11.4. The van der Waals surface area contributed by atoms with Gasteiger partial charge in [-0.05, 0) is 43.2 Å². The molecule has 0 aliphatic heterocycles. The Morgan fingerprint density at radius 1 is 1.04 bits per heavy atom. The number of hydrogen-bond acceptors (Lipinski definition) is 4. The maximum atomic E-state index is 11.4. The molecule has 0 bridgehead atoms. The van der Waals surface area contributed by atoms with Crippen LogP contribution >= 0.6 is 0 Å². The monoisotopic (exact) mass is 357 g/mol. The molecular formula is C18H19N3O3S. The maximum Gasteiger partial charge on any atom is 0.238 e. The molecule has 0 saturated carbocycles. The summed E-state index contributed by atoms with van der Waals surface area (Å²) in [6, 6.07) is 18.1. The molecule has 25 heavy (non-hydrogen) atoms. The summed E-state index contributed by atoms with van der Waals surface area (Å²) in [4.78, 5) is 0.0603. The first kappa shape index (κ1) is 17.3. The molecule has 0 amide bonds. The Hall–Kier alpha value is -2.48. The van der Waals surface area contributed by atoms with Gasteiger partial charge in [0, 0.05) is 12.2 Å². The zero-order chi connectivity index (χ0) is 17.9. The van der Waals surface area contributed by atoms with Crippen LogP contribution in [0.1, 0.15) is 12.1 Å². The number of benzene rings is 2. The molecule has 1 heterocycles. The lowest BCUT2D eigenvalue weighted by atomic mass is 10.1. The van der Waals surface area contributed by atoms with Crippen molar-refractivity contribution in [2.75, 3.05) is 6.61 Å². The molecule has 3 rings (SSSR count). The third-order valence-electron chi connectivity index (χ3n) is 3.83. The van der Waals surface area contributed by atoms with Gasteiger partial charge in [0.25, 0.3) is 0 Å². The van der Waals surface area contributed by atoms with Crippen LogP contribution in [0.5, 0.6) is 0 Å². The van der Waals surface area contributed by atoms with E-state index in [0.717, 1.165) is 22.6 Å². The fourth-order valence-corrected chi connectivity index (χ4v) is 3.12. The molecule has 0 atom stereocenters. The second-order valence-electron chi connectivity index (χ2n) is 5.66. The van der Waals surface area contributed by atoms with Gasteiger partial charge in [-0.3, -0.25) is 0 Å². The van der Waals surface area contributed by atoms with Gasteiger partial charge in [0.1, 0.15) is 0 Å². The smallest absolute Gasteiger partial charge is 0.238 e. The lowest BCUT2D eigenvalue weighted by molar-refractivity contribution is 0.288. The van der Waals surface area contributed by atoms with Crippen molar-refractivity contribution in [3.63, 3.8) is 0 Å². The van der Waals surface area contributed by atoms with E-state index in [1.54, 1.807) is 16.8 Å². The van der Waals surface area contributed by atoms with E-state index in [1.807, 2.05) is 36.4 Å². The van der Waals surface area contributed by atoms with Gasteiger partial charge in [0.2, 0.25) is 10.0 Å². The van der Waals surface area contributed by atoms with Crippen LogP contribution in [-0.2, 0) is 16.4 Å². The Morgan fingerprint density at radius 2 is 1.72 bits per heavy atom. The molecule has 0 unspecified atom stereocenters. The molecule has 3 aromatic rings. The third-order valence-corrected chi connectivity index (χ3v) is 4.76. The standard InChI is InChI=1S/C18H19N3O3S/c19-25(23,24)17-10-8-16(9-11-17)21-18(14-5-2-1-3-6-14)13-15(20-21)7-4-12-22/h1-3,5-6,8-11,13,22H,4,7,12H2,(H2,19,23,24). The molecule has 2 aromatic carbocycles. The first-order valence-corrected chi connectivity index (χ1v) is 9.42. The second-order valence-corrected chi connectivity index (χ2v) is 7.23. The number of aromatic nitrogens is 2. The summed E-state index contributed by atoms with van der Waals surface area (Å²) in [5, 5.41) is 18.8. The fourth-order valence-electron chi connectivity index (χ4n) is 2.60. The molecule has 0 radical (unpaired) electrons. The van der Waals surface area contributed by atoms with Crippen molar-refractivity contribution in [1.82, 2.24) is 9.78 Å². The highest BCUT2D eigenvalue weighted by atomic mass is 32.2. The number of aliphatic hydroxyl groups is 1. The summed E-state index contributed by atoms with van der Waals surface area (Å²) in [5.41, 5.74) is 3.50. The Kier molecular flexibility index (Phi) is 4.98. The number of sulfonamides is 1. The molecule has 0 fully saturated rings. The number of aryl methyl sites for hydroxylation is 1. The average molecular weight is 357 g/mol. The summed E-state index contributed by atoms with van der Waals surface area (Å²) >= 11 is 0. The largest absolute Gasteiger partial charge is 0.396 e. The zero-order valence-electron chi connectivity index (χ0n) is 13.5. The number of nitrogens with zero attached hydrogens (tertiary/aromatic N) is 2. The van der Waals surface area contributed by atoms with Gasteiger partial charge < -0.3 is 5.11 Å². The number of nitrogens with two attached hydrogens (primary N) is 1. The minimum atomic E-state index is -3.73. The molecule has 0 spiro atoms. The minimum Gasteiger partial charge on any atom is -0.396 e. The van der Waals surface area contributed by atoms with Gasteiger partial charge in [0.05, 0.1) is 22.0 Å². The molecular weight excluding hydrogens is 338 g/mol. The first-order valence-electron chi connectivity index (χ1n) is 7.87. The van der Waals surface area contributed by atoms with Gasteiger partial charge in [-0.1, -0.05) is 30.3 Å². The second kappa shape index (κ2) is 7.18. The quantitative estimate of drug-likeness (QED) is 0.706. The summed E-state index contributed by atoms with van der Waals surface area (Å²) in [5.74, 6) is 0. The van der Waals surface area contributed by atoms with Crippen molar-refractivity contribution in [3.05, 3.63) is 66.4 Å². The predicted octanol–water partition coefficient (Wildman–Crippen LogP) is 2.11. The van der Waals surface area contributed by atoms with Crippen LogP contribution in [0.2, 0.25) is 0 Å². The van der Waals surface area contributed by atoms with Gasteiger partial charge >= 0.3 is 0 Å². The number of primary sulfonamides is 1. The number of hydrogen-bond donors (Lipinski definition) is 2. The number of aliphatic hydroxyl groups excluding tert-OH is 1. The summed E-state index contributed by atoms with van der Waals surface area (Å²) in [6.07, 6.45) is 1.30. The van der Waals surface area contributed by atoms with Crippen LogP contribution in [0, 0.1) is 0 Å². The van der Waals surface area contributed by atoms with E-state index in [0.29, 0.717) is 12.8 Å². The minimum absolute atomic E-state index is 0.0603. The molecule has 0 saturated heterocycles. The van der Waals surface area contributed by atoms with Crippen molar-refractivity contribution >= 4 is 10.0 Å². The molecule has 3 N–H and O–H groups in total. The van der Waals surface area contributed by atoms with Crippen LogP contribution in [-0.4, -0.2) is 29.9 Å². The van der Waals surface area contributed by atoms with E-state index in [1.165, 1.54) is 12.1 Å². The van der Waals surface area contributed by atoms with Crippen molar-refractivity contribution in [1.29, 1.82) is 0 Å². The normalized spacial score (nSPS) is 11.6. The van der Waals surface area contributed by atoms with Crippen LogP contribution in [0.15, 0.2) is 65.6 Å². The molecule has 7 heteroatoms. The number of rotatable bonds is 6. The molecule has 0 aliphatic rings. The van der Waals surface area contributed by atoms with Crippen molar-refractivity contribution < 1.29 is 13.5 Å². The summed E-state index contributed by atoms with van der Waals surface area (Å²) in [6.45, 7) is 0.108. The van der Waals surface area contributed by atoms with E-state index >= 15 is 0 Å². The van der Waals surface area contributed by atoms with E-state index in [-0.39, 0.29) is 11.5 Å². The van der Waals surface area contributed by atoms with Crippen LogP contribution < -0.4 is 5.14 Å². The molecule has 130 valence electrons. The lowest BCUT2D eigenvalue weighted by Gasteiger charge is -2.08. The summed E-state index contributed by atoms with van der Waals surface area (Å²) in [7, 11) is -3.73. The van der Waals surface area contributed by atoms with Crippen molar-refractivity contribution in [3.8, 4) is 16.9 Å². The SMILES string of the molecule is NS(=O)(=O)c1ccc(-n2nc(CCCO)cc2-c2ccccc2)cc1. The highest BCUT2D eigenvalue weighted by Gasteiger charge is 2.13. The average Bonchev–Trinajstić information content (AvgIpc) is 3.04. The van der Waals surface area contributed by atoms with Gasteiger partial charge in [-0.15, -0.1) is 0 Å². The van der Waals surface area contributed by atoms with Crippen molar-refractivity contribution in [2.45, 2.75) is 17.7 Å². The van der Waals surface area contributed by atoms with Crippen LogP contribution in [0.4, 0.5) is 0 Å². The zero-order valence-corrected chi connectivity index (χ0v) is 14.4. The Labute approximate surface area is 146 Å². The van der Waals surface area contributed by atoms with Gasteiger partial charge in [-0.25, -0.2) is 18.2 Å². The molecule has 6 nitrogen and oxygen atoms in total. The Morgan fingerprint density at radius 3 is 2.32 bits per heavy atom. The first-order chi connectivity index (χ1) is 12.0. The van der Waals surface area contributed by atoms with Crippen LogP contribution in [0.25, 0.3) is 16.9 Å².